The predicted molar refractivity (Wildman–Crippen MR) is 55.6 cm³/mol. The maximum Gasteiger partial charge on any atom is 0.410 e. The second-order valence-electron chi connectivity index (χ2n) is 2.98. The number of amides is 1. The molecule has 0 saturated heterocycles. The number of aliphatic carboxylic acids is 1. The summed E-state index contributed by atoms with van der Waals surface area (Å²) in [5, 5.41) is 17.2. The molecule has 0 aromatic heterocycles. The number of nitriles is 1. The summed E-state index contributed by atoms with van der Waals surface area (Å²) >= 11 is 0. The van der Waals surface area contributed by atoms with Crippen LogP contribution in [0.1, 0.15) is 13.3 Å². The Morgan fingerprint density at radius 3 is 2.75 bits per heavy atom. The zero-order chi connectivity index (χ0) is 12.6. The molecule has 0 aliphatic carbocycles. The first-order valence-corrected chi connectivity index (χ1v) is 4.68. The van der Waals surface area contributed by atoms with E-state index in [0.717, 1.165) is 4.90 Å². The van der Waals surface area contributed by atoms with E-state index in [1.54, 1.807) is 0 Å². The molecule has 0 aromatic rings. The molecule has 0 bridgehead atoms. The summed E-state index contributed by atoms with van der Waals surface area (Å²) in [5.41, 5.74) is 0. The van der Waals surface area contributed by atoms with Crippen molar-refractivity contribution in [3.8, 4) is 6.07 Å². The lowest BCUT2D eigenvalue weighted by Crippen LogP contribution is -2.44. The molecule has 0 fully saturated rings. The molecular weight excluding hydrogens is 212 g/mol. The molecular formula is C10H14N2O4. The monoisotopic (exact) mass is 226 g/mol. The van der Waals surface area contributed by atoms with Gasteiger partial charge in [-0.3, -0.25) is 4.90 Å². The number of carboxylic acids is 1. The van der Waals surface area contributed by atoms with Crippen molar-refractivity contribution in [2.45, 2.75) is 19.4 Å². The van der Waals surface area contributed by atoms with E-state index in [9.17, 15) is 9.59 Å². The van der Waals surface area contributed by atoms with Gasteiger partial charge in [0.05, 0.1) is 12.5 Å². The summed E-state index contributed by atoms with van der Waals surface area (Å²) in [6, 6.07) is 0.818. The number of hydrogen-bond donors (Lipinski definition) is 1. The van der Waals surface area contributed by atoms with E-state index >= 15 is 0 Å². The van der Waals surface area contributed by atoms with E-state index in [0.29, 0.717) is 0 Å². The maximum atomic E-state index is 11.4. The van der Waals surface area contributed by atoms with Gasteiger partial charge in [-0.05, 0) is 6.92 Å². The summed E-state index contributed by atoms with van der Waals surface area (Å²) < 4.78 is 4.72. The lowest BCUT2D eigenvalue weighted by Gasteiger charge is -2.24. The lowest BCUT2D eigenvalue weighted by atomic mass is 10.3. The van der Waals surface area contributed by atoms with Crippen molar-refractivity contribution >= 4 is 12.1 Å². The van der Waals surface area contributed by atoms with Crippen molar-refractivity contribution in [2.24, 2.45) is 0 Å². The van der Waals surface area contributed by atoms with Gasteiger partial charge in [0, 0.05) is 6.54 Å². The molecule has 1 atom stereocenters. The molecule has 6 heteroatoms. The molecule has 0 radical (unpaired) electrons. The molecule has 0 aliphatic heterocycles. The van der Waals surface area contributed by atoms with Crippen LogP contribution in [0, 0.1) is 11.3 Å². The highest BCUT2D eigenvalue weighted by atomic mass is 16.6. The fourth-order valence-electron chi connectivity index (χ4n) is 0.960. The van der Waals surface area contributed by atoms with Crippen molar-refractivity contribution in [1.82, 2.24) is 4.90 Å². The van der Waals surface area contributed by atoms with Gasteiger partial charge in [0.25, 0.3) is 0 Å². The number of ether oxygens (including phenoxy) is 1. The largest absolute Gasteiger partial charge is 0.480 e. The first-order chi connectivity index (χ1) is 7.54. The minimum absolute atomic E-state index is 0.00816. The van der Waals surface area contributed by atoms with Gasteiger partial charge in [-0.15, -0.1) is 0 Å². The number of carboxylic acid groups (broad SMARTS) is 1. The second-order valence-corrected chi connectivity index (χ2v) is 2.98. The summed E-state index contributed by atoms with van der Waals surface area (Å²) in [6.07, 6.45) is 0.678. The molecule has 0 aliphatic rings. The average Bonchev–Trinajstić information content (AvgIpc) is 2.26. The fourth-order valence-corrected chi connectivity index (χ4v) is 0.960. The number of nitrogens with zero attached hydrogens (tertiary/aromatic N) is 2. The summed E-state index contributed by atoms with van der Waals surface area (Å²) in [5.74, 6) is -1.14. The summed E-state index contributed by atoms with van der Waals surface area (Å²) in [6.45, 7) is 4.76. The smallest absolute Gasteiger partial charge is 0.410 e. The van der Waals surface area contributed by atoms with Crippen molar-refractivity contribution < 1.29 is 19.4 Å². The Bertz CT molecular complexity index is 308. The van der Waals surface area contributed by atoms with E-state index < -0.39 is 18.1 Å². The van der Waals surface area contributed by atoms with Gasteiger partial charge >= 0.3 is 12.1 Å². The van der Waals surface area contributed by atoms with Gasteiger partial charge in [-0.2, -0.15) is 5.26 Å². The Morgan fingerprint density at radius 1 is 1.69 bits per heavy atom. The third-order valence-electron chi connectivity index (χ3n) is 1.85. The lowest BCUT2D eigenvalue weighted by molar-refractivity contribution is -0.142. The van der Waals surface area contributed by atoms with Gasteiger partial charge in [0.1, 0.15) is 12.6 Å². The van der Waals surface area contributed by atoms with Gasteiger partial charge < -0.3 is 9.84 Å². The van der Waals surface area contributed by atoms with Crippen LogP contribution in [0.2, 0.25) is 0 Å². The molecule has 0 spiro atoms. The molecule has 16 heavy (non-hydrogen) atoms. The quantitative estimate of drug-likeness (QED) is 0.682. The molecule has 1 amide bonds. The van der Waals surface area contributed by atoms with Crippen LogP contribution < -0.4 is 0 Å². The van der Waals surface area contributed by atoms with Crippen LogP contribution in [-0.2, 0) is 9.53 Å². The highest BCUT2D eigenvalue weighted by molar-refractivity contribution is 5.79. The predicted octanol–water partition coefficient (Wildman–Crippen LogP) is 0.998. The topological polar surface area (TPSA) is 90.6 Å². The van der Waals surface area contributed by atoms with E-state index in [2.05, 4.69) is 6.58 Å². The van der Waals surface area contributed by atoms with Crippen LogP contribution in [0.3, 0.4) is 0 Å². The molecule has 1 unspecified atom stereocenters. The van der Waals surface area contributed by atoms with Gasteiger partial charge in [-0.1, -0.05) is 12.7 Å². The molecule has 0 rings (SSSR count). The molecule has 0 saturated carbocycles. The van der Waals surface area contributed by atoms with E-state index in [1.165, 1.54) is 13.0 Å². The third kappa shape index (κ3) is 4.46. The van der Waals surface area contributed by atoms with Gasteiger partial charge in [0.2, 0.25) is 0 Å². The normalized spacial score (nSPS) is 11.0. The number of carbonyl (C=O) groups excluding carboxylic acids is 1. The Balaban J connectivity index is 4.52. The third-order valence-corrected chi connectivity index (χ3v) is 1.85. The average molecular weight is 226 g/mol. The minimum atomic E-state index is -1.14. The minimum Gasteiger partial charge on any atom is -0.480 e. The van der Waals surface area contributed by atoms with Gasteiger partial charge in [0.15, 0.2) is 0 Å². The van der Waals surface area contributed by atoms with Gasteiger partial charge in [-0.25, -0.2) is 9.59 Å². The second kappa shape index (κ2) is 7.29. The highest BCUT2D eigenvalue weighted by Gasteiger charge is 2.26. The van der Waals surface area contributed by atoms with E-state index in [-0.39, 0.29) is 19.6 Å². The van der Waals surface area contributed by atoms with Crippen molar-refractivity contribution in [1.29, 1.82) is 5.26 Å². The Labute approximate surface area is 93.7 Å². The molecule has 0 heterocycles. The molecule has 0 aromatic carbocycles. The van der Waals surface area contributed by atoms with Crippen LogP contribution in [0.4, 0.5) is 4.79 Å². The summed E-state index contributed by atoms with van der Waals surface area (Å²) in [7, 11) is 0. The van der Waals surface area contributed by atoms with Crippen LogP contribution in [0.25, 0.3) is 0 Å². The van der Waals surface area contributed by atoms with Crippen molar-refractivity contribution in [3.05, 3.63) is 12.7 Å². The van der Waals surface area contributed by atoms with Crippen molar-refractivity contribution in [2.75, 3.05) is 13.2 Å². The van der Waals surface area contributed by atoms with Crippen LogP contribution in [0.15, 0.2) is 12.7 Å². The number of rotatable bonds is 6. The molecule has 88 valence electrons. The SMILES string of the molecule is C=CCOC(=O)N(CCC#N)C(C)C(=O)O. The Morgan fingerprint density at radius 2 is 2.31 bits per heavy atom. The number of hydrogen-bond acceptors (Lipinski definition) is 4. The first-order valence-electron chi connectivity index (χ1n) is 4.68. The van der Waals surface area contributed by atoms with Crippen LogP contribution >= 0.6 is 0 Å². The molecule has 1 N–H and O–H groups in total. The molecule has 6 nitrogen and oxygen atoms in total. The summed E-state index contributed by atoms with van der Waals surface area (Å²) in [4.78, 5) is 23.2. The van der Waals surface area contributed by atoms with Crippen LogP contribution in [0.5, 0.6) is 0 Å². The maximum absolute atomic E-state index is 11.4. The number of carbonyl (C=O) groups is 2. The highest BCUT2D eigenvalue weighted by Crippen LogP contribution is 2.04. The zero-order valence-corrected chi connectivity index (χ0v) is 9.05. The van der Waals surface area contributed by atoms with E-state index in [1.807, 2.05) is 6.07 Å². The first kappa shape index (κ1) is 14.0. The fraction of sp³-hybridized carbons (Fsp3) is 0.500. The standard InChI is InChI=1S/C10H14N2O4/c1-3-7-16-10(15)12(6-4-5-11)8(2)9(13)14/h3,8H,1,4,6-7H2,2H3,(H,13,14). The Hall–Kier alpha value is -2.03. The van der Waals surface area contributed by atoms with Crippen LogP contribution in [-0.4, -0.2) is 41.3 Å². The Kier molecular flexibility index (Phi) is 6.36. The zero-order valence-electron chi connectivity index (χ0n) is 9.05. The van der Waals surface area contributed by atoms with E-state index in [4.69, 9.17) is 15.1 Å². The van der Waals surface area contributed by atoms with Crippen molar-refractivity contribution in [3.63, 3.8) is 0 Å².